The third-order valence-electron chi connectivity index (χ3n) is 5.63. The summed E-state index contributed by atoms with van der Waals surface area (Å²) in [7, 11) is 3.23. The van der Waals surface area contributed by atoms with Crippen molar-refractivity contribution in [2.75, 3.05) is 19.5 Å². The molecule has 0 spiro atoms. The Morgan fingerprint density at radius 1 is 1.16 bits per heavy atom. The fourth-order valence-corrected chi connectivity index (χ4v) is 5.27. The Labute approximate surface area is 183 Å². The smallest absolute Gasteiger partial charge is 0.226 e. The van der Waals surface area contributed by atoms with Crippen LogP contribution in [-0.4, -0.2) is 34.9 Å². The molecule has 0 saturated heterocycles. The van der Waals surface area contributed by atoms with Crippen LogP contribution in [0.4, 0.5) is 5.82 Å². The van der Waals surface area contributed by atoms with Crippen molar-refractivity contribution in [3.63, 3.8) is 0 Å². The van der Waals surface area contributed by atoms with E-state index in [1.165, 1.54) is 5.56 Å². The minimum absolute atomic E-state index is 0.0690. The number of hydrogen-bond donors (Lipinski definition) is 1. The van der Waals surface area contributed by atoms with Crippen molar-refractivity contribution in [3.8, 4) is 16.6 Å². The average Bonchev–Trinajstić information content (AvgIpc) is 3.32. The van der Waals surface area contributed by atoms with Crippen LogP contribution in [0.25, 0.3) is 15.3 Å². The zero-order valence-corrected chi connectivity index (χ0v) is 18.5. The van der Waals surface area contributed by atoms with Gasteiger partial charge in [-0.1, -0.05) is 29.5 Å². The number of methoxy groups -OCH3 is 2. The van der Waals surface area contributed by atoms with E-state index in [0.29, 0.717) is 23.7 Å². The Morgan fingerprint density at radius 2 is 2.00 bits per heavy atom. The molecular weight excluding hydrogens is 412 g/mol. The molecule has 1 aliphatic rings. The summed E-state index contributed by atoms with van der Waals surface area (Å²) in [6, 6.07) is 11.9. The first kappa shape index (κ1) is 19.6. The highest BCUT2D eigenvalue weighted by atomic mass is 32.1. The van der Waals surface area contributed by atoms with Gasteiger partial charge >= 0.3 is 0 Å². The van der Waals surface area contributed by atoms with Gasteiger partial charge in [0.25, 0.3) is 0 Å². The number of para-hydroxylation sites is 1. The molecule has 0 radical (unpaired) electrons. The normalized spacial score (nSPS) is 15.6. The molecule has 0 unspecified atom stereocenters. The van der Waals surface area contributed by atoms with Gasteiger partial charge in [-0.25, -0.2) is 4.98 Å². The molecule has 31 heavy (non-hydrogen) atoms. The van der Waals surface area contributed by atoms with Crippen LogP contribution in [0.1, 0.15) is 34.7 Å². The SMILES string of the molecule is COc1cccc([C@H]2CC(=O)Nc3c2c(C)nn3-c2nc3ccc(C)cc3s2)c1OC. The van der Waals surface area contributed by atoms with Crippen LogP contribution in [0.15, 0.2) is 36.4 Å². The molecule has 0 saturated carbocycles. The molecule has 0 bridgehead atoms. The standard InChI is InChI=1S/C23H22N4O3S/c1-12-8-9-16-18(10-12)31-23(24-16)27-22-20(13(2)26-27)15(11-19(28)25-22)14-6-5-7-17(29-3)21(14)30-4/h5-10,15H,11H2,1-4H3,(H,25,28)/t15-/m1/s1. The maximum Gasteiger partial charge on any atom is 0.226 e. The first-order valence-electron chi connectivity index (χ1n) is 9.98. The quantitative estimate of drug-likeness (QED) is 0.508. The largest absolute Gasteiger partial charge is 0.493 e. The predicted octanol–water partition coefficient (Wildman–Crippen LogP) is 4.59. The summed E-state index contributed by atoms with van der Waals surface area (Å²) < 4.78 is 14.0. The van der Waals surface area contributed by atoms with Gasteiger partial charge in [0.2, 0.25) is 11.0 Å². The zero-order valence-electron chi connectivity index (χ0n) is 17.7. The van der Waals surface area contributed by atoms with E-state index in [2.05, 4.69) is 18.3 Å². The molecule has 7 nitrogen and oxygen atoms in total. The lowest BCUT2D eigenvalue weighted by Gasteiger charge is -2.26. The summed E-state index contributed by atoms with van der Waals surface area (Å²) in [5, 5.41) is 8.52. The minimum atomic E-state index is -0.195. The van der Waals surface area contributed by atoms with Crippen molar-refractivity contribution < 1.29 is 14.3 Å². The van der Waals surface area contributed by atoms with Gasteiger partial charge in [0.05, 0.1) is 30.1 Å². The molecule has 1 atom stereocenters. The molecular formula is C23H22N4O3S. The molecule has 1 amide bonds. The third kappa shape index (κ3) is 3.14. The second-order valence-electron chi connectivity index (χ2n) is 7.61. The highest BCUT2D eigenvalue weighted by Crippen LogP contribution is 2.46. The number of nitrogens with zero attached hydrogens (tertiary/aromatic N) is 3. The number of aryl methyl sites for hydroxylation is 2. The lowest BCUT2D eigenvalue weighted by atomic mass is 9.85. The Kier molecular flexibility index (Phi) is 4.66. The number of anilines is 1. The van der Waals surface area contributed by atoms with Crippen LogP contribution >= 0.6 is 11.3 Å². The third-order valence-corrected chi connectivity index (χ3v) is 6.62. The molecule has 0 fully saturated rings. The van der Waals surface area contributed by atoms with Crippen LogP contribution in [0.5, 0.6) is 11.5 Å². The van der Waals surface area contributed by atoms with Crippen molar-refractivity contribution in [2.45, 2.75) is 26.2 Å². The van der Waals surface area contributed by atoms with Crippen molar-refractivity contribution in [1.29, 1.82) is 0 Å². The summed E-state index contributed by atoms with van der Waals surface area (Å²) in [5.74, 6) is 1.68. The zero-order chi connectivity index (χ0) is 21.7. The van der Waals surface area contributed by atoms with Crippen molar-refractivity contribution in [2.24, 2.45) is 0 Å². The van der Waals surface area contributed by atoms with Gasteiger partial charge in [-0.2, -0.15) is 9.78 Å². The minimum Gasteiger partial charge on any atom is -0.493 e. The summed E-state index contributed by atoms with van der Waals surface area (Å²) in [6.07, 6.45) is 0.308. The van der Waals surface area contributed by atoms with E-state index in [4.69, 9.17) is 19.6 Å². The molecule has 4 aromatic rings. The highest BCUT2D eigenvalue weighted by molar-refractivity contribution is 7.20. The van der Waals surface area contributed by atoms with E-state index in [-0.39, 0.29) is 11.8 Å². The molecule has 8 heteroatoms. The van der Waals surface area contributed by atoms with E-state index in [0.717, 1.165) is 32.2 Å². The van der Waals surface area contributed by atoms with Crippen LogP contribution in [0, 0.1) is 13.8 Å². The summed E-state index contributed by atoms with van der Waals surface area (Å²) in [6.45, 7) is 4.02. The van der Waals surface area contributed by atoms with Crippen LogP contribution < -0.4 is 14.8 Å². The fourth-order valence-electron chi connectivity index (χ4n) is 4.25. The predicted molar refractivity (Wildman–Crippen MR) is 121 cm³/mol. The monoisotopic (exact) mass is 434 g/mol. The summed E-state index contributed by atoms with van der Waals surface area (Å²) >= 11 is 1.56. The van der Waals surface area contributed by atoms with Gasteiger partial charge in [-0.15, -0.1) is 0 Å². The Balaban J connectivity index is 1.68. The van der Waals surface area contributed by atoms with Gasteiger partial charge in [-0.3, -0.25) is 4.79 Å². The van der Waals surface area contributed by atoms with Crippen molar-refractivity contribution in [3.05, 3.63) is 58.8 Å². The second-order valence-corrected chi connectivity index (χ2v) is 8.62. The van der Waals surface area contributed by atoms with Crippen LogP contribution in [-0.2, 0) is 4.79 Å². The van der Waals surface area contributed by atoms with E-state index in [1.807, 2.05) is 37.3 Å². The molecule has 2 aromatic heterocycles. The Bertz CT molecular complexity index is 1320. The number of thiazole rings is 1. The maximum absolute atomic E-state index is 12.7. The number of hydrogen-bond acceptors (Lipinski definition) is 6. The van der Waals surface area contributed by atoms with Gasteiger partial charge < -0.3 is 14.8 Å². The van der Waals surface area contributed by atoms with Gasteiger partial charge in [0, 0.05) is 23.5 Å². The van der Waals surface area contributed by atoms with Crippen LogP contribution in [0.3, 0.4) is 0 Å². The molecule has 1 N–H and O–H groups in total. The van der Waals surface area contributed by atoms with E-state index < -0.39 is 0 Å². The average molecular weight is 435 g/mol. The number of rotatable bonds is 4. The molecule has 1 aliphatic heterocycles. The molecule has 158 valence electrons. The summed E-state index contributed by atoms with van der Waals surface area (Å²) in [4.78, 5) is 17.5. The lowest BCUT2D eigenvalue weighted by Crippen LogP contribution is -2.25. The van der Waals surface area contributed by atoms with Gasteiger partial charge in [-0.05, 0) is 37.6 Å². The van der Waals surface area contributed by atoms with Gasteiger partial charge in [0.1, 0.15) is 5.82 Å². The number of aromatic nitrogens is 3. The number of amides is 1. The topological polar surface area (TPSA) is 78.3 Å². The Morgan fingerprint density at radius 3 is 2.77 bits per heavy atom. The molecule has 0 aliphatic carbocycles. The van der Waals surface area contributed by atoms with Crippen molar-refractivity contribution in [1.82, 2.24) is 14.8 Å². The second kappa shape index (κ2) is 7.39. The number of benzene rings is 2. The maximum atomic E-state index is 12.7. The molecule has 3 heterocycles. The van der Waals surface area contributed by atoms with E-state index in [9.17, 15) is 4.79 Å². The van der Waals surface area contributed by atoms with Crippen LogP contribution in [0.2, 0.25) is 0 Å². The van der Waals surface area contributed by atoms with E-state index >= 15 is 0 Å². The highest BCUT2D eigenvalue weighted by Gasteiger charge is 2.35. The fraction of sp³-hybridized carbons (Fsp3) is 0.261. The molecule has 2 aromatic carbocycles. The number of fused-ring (bicyclic) bond motifs is 2. The lowest BCUT2D eigenvalue weighted by molar-refractivity contribution is -0.116. The van der Waals surface area contributed by atoms with Gasteiger partial charge in [0.15, 0.2) is 11.5 Å². The number of carbonyl (C=O) groups excluding carboxylic acids is 1. The summed E-state index contributed by atoms with van der Waals surface area (Å²) in [5.41, 5.74) is 4.82. The number of carbonyl (C=O) groups is 1. The number of ether oxygens (including phenoxy) is 2. The first-order chi connectivity index (χ1) is 15.0. The number of nitrogens with one attached hydrogen (secondary N) is 1. The molecule has 5 rings (SSSR count). The first-order valence-corrected chi connectivity index (χ1v) is 10.8. The van der Waals surface area contributed by atoms with Crippen molar-refractivity contribution >= 4 is 33.3 Å². The Hall–Kier alpha value is -3.39. The van der Waals surface area contributed by atoms with E-state index in [1.54, 1.807) is 30.2 Å².